The van der Waals surface area contributed by atoms with E-state index in [0.29, 0.717) is 53.9 Å². The van der Waals surface area contributed by atoms with Gasteiger partial charge in [0.05, 0.1) is 18.4 Å². The van der Waals surface area contributed by atoms with Gasteiger partial charge in [0.15, 0.2) is 5.82 Å². The van der Waals surface area contributed by atoms with E-state index in [1.807, 2.05) is 25.8 Å². The van der Waals surface area contributed by atoms with Crippen LogP contribution >= 0.6 is 0 Å². The fourth-order valence-electron chi connectivity index (χ4n) is 3.88. The SMILES string of the molecule is CC[C@H]1C(=O)Nc2c(C)nc(NCc3cnn(Cc4ccc(C(F)(F)F)nc4C)c3)nc2N1C. The summed E-state index contributed by atoms with van der Waals surface area (Å²) in [6.07, 6.45) is -0.344. The molecule has 2 N–H and O–H groups in total. The molecule has 0 saturated carbocycles. The highest BCUT2D eigenvalue weighted by molar-refractivity contribution is 6.03. The minimum atomic E-state index is -4.47. The normalized spacial score (nSPS) is 15.8. The summed E-state index contributed by atoms with van der Waals surface area (Å²) in [5.41, 5.74) is 2.17. The Morgan fingerprint density at radius 1 is 1.15 bits per heavy atom. The summed E-state index contributed by atoms with van der Waals surface area (Å²) in [5, 5.41) is 10.4. The molecule has 1 aliphatic heterocycles. The maximum Gasteiger partial charge on any atom is 0.433 e. The second-order valence-electron chi connectivity index (χ2n) is 8.19. The summed E-state index contributed by atoms with van der Waals surface area (Å²) in [6.45, 7) is 6.00. The molecule has 180 valence electrons. The third kappa shape index (κ3) is 4.66. The number of likely N-dealkylation sites (N-methyl/N-ethyl adjacent to an activating group) is 1. The molecule has 12 heteroatoms. The number of pyridine rings is 1. The van der Waals surface area contributed by atoms with E-state index in [1.54, 1.807) is 24.0 Å². The summed E-state index contributed by atoms with van der Waals surface area (Å²) < 4.78 is 40.1. The number of halogens is 3. The molecule has 9 nitrogen and oxygen atoms in total. The number of fused-ring (bicyclic) bond motifs is 1. The molecule has 3 aromatic heterocycles. The van der Waals surface area contributed by atoms with Crippen LogP contribution in [-0.2, 0) is 24.1 Å². The van der Waals surface area contributed by atoms with Gasteiger partial charge in [-0.2, -0.15) is 23.3 Å². The van der Waals surface area contributed by atoms with Crippen LogP contribution in [0.5, 0.6) is 0 Å². The van der Waals surface area contributed by atoms with Crippen LogP contribution in [0.15, 0.2) is 24.5 Å². The Bertz CT molecular complexity index is 1220. The minimum Gasteiger partial charge on any atom is -0.350 e. The molecule has 0 unspecified atom stereocenters. The second kappa shape index (κ2) is 8.92. The van der Waals surface area contributed by atoms with E-state index in [-0.39, 0.29) is 11.9 Å². The molecule has 4 rings (SSSR count). The van der Waals surface area contributed by atoms with Crippen LogP contribution in [0.3, 0.4) is 0 Å². The van der Waals surface area contributed by atoms with Gasteiger partial charge in [0, 0.05) is 31.0 Å². The van der Waals surface area contributed by atoms with E-state index in [2.05, 4.69) is 30.7 Å². The van der Waals surface area contributed by atoms with Gasteiger partial charge in [0.1, 0.15) is 17.4 Å². The van der Waals surface area contributed by atoms with Gasteiger partial charge in [-0.1, -0.05) is 13.0 Å². The largest absolute Gasteiger partial charge is 0.433 e. The molecule has 1 aliphatic rings. The molecule has 0 aromatic carbocycles. The number of anilines is 3. The first kappa shape index (κ1) is 23.5. The summed E-state index contributed by atoms with van der Waals surface area (Å²) in [5.74, 6) is 1.00. The van der Waals surface area contributed by atoms with Crippen molar-refractivity contribution in [1.29, 1.82) is 0 Å². The van der Waals surface area contributed by atoms with E-state index in [1.165, 1.54) is 6.07 Å². The van der Waals surface area contributed by atoms with Crippen LogP contribution in [0.25, 0.3) is 0 Å². The molecule has 0 fully saturated rings. The van der Waals surface area contributed by atoms with Crippen molar-refractivity contribution >= 4 is 23.4 Å². The van der Waals surface area contributed by atoms with Crippen molar-refractivity contribution in [3.05, 3.63) is 52.7 Å². The third-order valence-corrected chi connectivity index (χ3v) is 5.77. The molecule has 0 aliphatic carbocycles. The molecule has 0 spiro atoms. The Kier molecular flexibility index (Phi) is 6.15. The quantitative estimate of drug-likeness (QED) is 0.564. The zero-order chi connectivity index (χ0) is 24.6. The van der Waals surface area contributed by atoms with Crippen LogP contribution < -0.4 is 15.5 Å². The lowest BCUT2D eigenvalue weighted by Gasteiger charge is -2.34. The Morgan fingerprint density at radius 2 is 1.91 bits per heavy atom. The average molecular weight is 474 g/mol. The van der Waals surface area contributed by atoms with Gasteiger partial charge in [0.2, 0.25) is 11.9 Å². The van der Waals surface area contributed by atoms with Crippen LogP contribution in [0.2, 0.25) is 0 Å². The number of rotatable bonds is 6. The fourth-order valence-corrected chi connectivity index (χ4v) is 3.88. The van der Waals surface area contributed by atoms with Gasteiger partial charge in [-0.25, -0.2) is 9.97 Å². The number of nitrogens with one attached hydrogen (secondary N) is 2. The Morgan fingerprint density at radius 3 is 2.59 bits per heavy atom. The van der Waals surface area contributed by atoms with Crippen molar-refractivity contribution in [3.8, 4) is 0 Å². The molecule has 1 atom stereocenters. The van der Waals surface area contributed by atoms with Crippen LogP contribution in [0.4, 0.5) is 30.6 Å². The number of hydrogen-bond acceptors (Lipinski definition) is 7. The lowest BCUT2D eigenvalue weighted by atomic mass is 10.1. The van der Waals surface area contributed by atoms with Crippen LogP contribution in [0, 0.1) is 13.8 Å². The summed E-state index contributed by atoms with van der Waals surface area (Å²) in [7, 11) is 1.84. The number of carbonyl (C=O) groups excluding carboxylic acids is 1. The van der Waals surface area contributed by atoms with Gasteiger partial charge in [-0.05, 0) is 31.9 Å². The van der Waals surface area contributed by atoms with Crippen molar-refractivity contribution < 1.29 is 18.0 Å². The van der Waals surface area contributed by atoms with E-state index in [4.69, 9.17) is 0 Å². The molecular weight excluding hydrogens is 449 g/mol. The molecule has 34 heavy (non-hydrogen) atoms. The molecule has 0 radical (unpaired) electrons. The molecular formula is C22H25F3N8O. The monoisotopic (exact) mass is 474 g/mol. The zero-order valence-electron chi connectivity index (χ0n) is 19.2. The van der Waals surface area contributed by atoms with E-state index < -0.39 is 11.9 Å². The van der Waals surface area contributed by atoms with Crippen molar-refractivity contribution in [2.45, 2.75) is 52.5 Å². The molecule has 1 amide bonds. The Labute approximate surface area is 194 Å². The number of amides is 1. The van der Waals surface area contributed by atoms with Crippen molar-refractivity contribution in [1.82, 2.24) is 24.7 Å². The van der Waals surface area contributed by atoms with E-state index in [9.17, 15) is 18.0 Å². The Balaban J connectivity index is 1.44. The van der Waals surface area contributed by atoms with Crippen LogP contribution in [-0.4, -0.2) is 43.7 Å². The summed E-state index contributed by atoms with van der Waals surface area (Å²) in [4.78, 5) is 26.8. The molecule has 4 heterocycles. The smallest absolute Gasteiger partial charge is 0.350 e. The maximum atomic E-state index is 12.8. The van der Waals surface area contributed by atoms with Crippen molar-refractivity contribution in [3.63, 3.8) is 0 Å². The van der Waals surface area contributed by atoms with Crippen molar-refractivity contribution in [2.24, 2.45) is 0 Å². The van der Waals surface area contributed by atoms with Gasteiger partial charge >= 0.3 is 6.18 Å². The average Bonchev–Trinajstić information content (AvgIpc) is 3.21. The molecule has 3 aromatic rings. The summed E-state index contributed by atoms with van der Waals surface area (Å²) in [6, 6.07) is 2.11. The van der Waals surface area contributed by atoms with E-state index >= 15 is 0 Å². The lowest BCUT2D eigenvalue weighted by molar-refractivity contribution is -0.141. The van der Waals surface area contributed by atoms with Gasteiger partial charge in [-0.15, -0.1) is 0 Å². The van der Waals surface area contributed by atoms with E-state index in [0.717, 1.165) is 11.6 Å². The number of alkyl halides is 3. The zero-order valence-corrected chi connectivity index (χ0v) is 19.2. The maximum absolute atomic E-state index is 12.8. The van der Waals surface area contributed by atoms with Crippen molar-refractivity contribution in [2.75, 3.05) is 22.6 Å². The predicted molar refractivity (Wildman–Crippen MR) is 121 cm³/mol. The predicted octanol–water partition coefficient (Wildman–Crippen LogP) is 3.53. The Hall–Kier alpha value is -3.70. The third-order valence-electron chi connectivity index (χ3n) is 5.77. The van der Waals surface area contributed by atoms with Gasteiger partial charge < -0.3 is 15.5 Å². The number of nitrogens with zero attached hydrogens (tertiary/aromatic N) is 6. The fraction of sp³-hybridized carbons (Fsp3) is 0.409. The molecule has 0 bridgehead atoms. The highest BCUT2D eigenvalue weighted by Crippen LogP contribution is 2.33. The highest BCUT2D eigenvalue weighted by atomic mass is 19.4. The second-order valence-corrected chi connectivity index (χ2v) is 8.19. The number of aromatic nitrogens is 5. The number of carbonyl (C=O) groups is 1. The van der Waals surface area contributed by atoms with Crippen LogP contribution in [0.1, 0.15) is 41.6 Å². The first-order chi connectivity index (χ1) is 16.1. The lowest BCUT2D eigenvalue weighted by Crippen LogP contribution is -2.46. The van der Waals surface area contributed by atoms with Gasteiger partial charge in [0.25, 0.3) is 0 Å². The first-order valence-electron chi connectivity index (χ1n) is 10.8. The minimum absolute atomic E-state index is 0.0733. The molecule has 0 saturated heterocycles. The topological polar surface area (TPSA) is 101 Å². The highest BCUT2D eigenvalue weighted by Gasteiger charge is 2.33. The summed E-state index contributed by atoms with van der Waals surface area (Å²) >= 11 is 0. The first-order valence-corrected chi connectivity index (χ1v) is 10.8. The number of hydrogen-bond donors (Lipinski definition) is 2. The standard InChI is InChI=1S/C22H25F3N8O/c1-5-16-20(34)30-18-13(3)29-21(31-19(18)32(16)4)26-8-14-9-27-33(10-14)11-15-6-7-17(22(23,24)25)28-12(15)2/h6-7,9-10,16H,5,8,11H2,1-4H3,(H,30,34)(H,26,29,31)/t16-/m0/s1. The number of aryl methyl sites for hydroxylation is 2. The van der Waals surface area contributed by atoms with Gasteiger partial charge in [-0.3, -0.25) is 9.48 Å².